The van der Waals surface area contributed by atoms with Crippen LogP contribution < -0.4 is 14.8 Å². The standard InChI is InChI=1S/C20H29N3O2/c1-23-11-10-21-20(23)19(22-16-8-6-4-5-7-9-16)15-12-17(24-2)14-18(13-15)25-3/h10-14,16,19,22H,4-9H2,1-3H3. The van der Waals surface area contributed by atoms with Crippen molar-refractivity contribution >= 4 is 0 Å². The van der Waals surface area contributed by atoms with Gasteiger partial charge in [0.1, 0.15) is 17.3 Å². The third-order valence-corrected chi connectivity index (χ3v) is 5.08. The van der Waals surface area contributed by atoms with E-state index in [1.54, 1.807) is 14.2 Å². The minimum atomic E-state index is 0.0205. The summed E-state index contributed by atoms with van der Waals surface area (Å²) in [7, 11) is 5.42. The molecule has 5 nitrogen and oxygen atoms in total. The Hall–Kier alpha value is -2.01. The van der Waals surface area contributed by atoms with E-state index in [-0.39, 0.29) is 6.04 Å². The molecule has 0 aliphatic heterocycles. The summed E-state index contributed by atoms with van der Waals surface area (Å²) in [4.78, 5) is 4.61. The minimum Gasteiger partial charge on any atom is -0.497 e. The van der Waals surface area contributed by atoms with E-state index in [0.29, 0.717) is 6.04 Å². The molecule has 0 saturated heterocycles. The van der Waals surface area contributed by atoms with Gasteiger partial charge in [-0.05, 0) is 30.5 Å². The highest BCUT2D eigenvalue weighted by molar-refractivity contribution is 5.41. The smallest absolute Gasteiger partial charge is 0.130 e. The Bertz CT molecular complexity index is 653. The molecule has 0 bridgehead atoms. The molecule has 1 aromatic carbocycles. The number of aromatic nitrogens is 2. The summed E-state index contributed by atoms with van der Waals surface area (Å²) < 4.78 is 13.0. The van der Waals surface area contributed by atoms with Crippen LogP contribution in [0.25, 0.3) is 0 Å². The lowest BCUT2D eigenvalue weighted by Gasteiger charge is -2.26. The molecule has 0 amide bonds. The van der Waals surface area contributed by atoms with Gasteiger partial charge >= 0.3 is 0 Å². The molecule has 1 aliphatic carbocycles. The second-order valence-electron chi connectivity index (χ2n) is 6.83. The van der Waals surface area contributed by atoms with Gasteiger partial charge in [-0.3, -0.25) is 0 Å². The molecule has 136 valence electrons. The Kier molecular flexibility index (Phi) is 5.97. The van der Waals surface area contributed by atoms with Crippen LogP contribution in [-0.2, 0) is 7.05 Å². The lowest BCUT2D eigenvalue weighted by atomic mass is 10.0. The third-order valence-electron chi connectivity index (χ3n) is 5.08. The Morgan fingerprint density at radius 1 is 1.04 bits per heavy atom. The number of hydrogen-bond donors (Lipinski definition) is 1. The van der Waals surface area contributed by atoms with E-state index in [1.807, 2.05) is 25.5 Å². The van der Waals surface area contributed by atoms with Crippen molar-refractivity contribution in [3.63, 3.8) is 0 Å². The van der Waals surface area contributed by atoms with Crippen molar-refractivity contribution in [1.82, 2.24) is 14.9 Å². The van der Waals surface area contributed by atoms with Gasteiger partial charge in [0.2, 0.25) is 0 Å². The van der Waals surface area contributed by atoms with Crippen LogP contribution in [0.3, 0.4) is 0 Å². The molecule has 1 fully saturated rings. The summed E-state index contributed by atoms with van der Waals surface area (Å²) in [5.74, 6) is 2.62. The van der Waals surface area contributed by atoms with E-state index in [2.05, 4.69) is 27.0 Å². The second-order valence-corrected chi connectivity index (χ2v) is 6.83. The Balaban J connectivity index is 1.95. The SMILES string of the molecule is COc1cc(OC)cc(C(NC2CCCCCC2)c2nccn2C)c1. The highest BCUT2D eigenvalue weighted by Gasteiger charge is 2.24. The van der Waals surface area contributed by atoms with Gasteiger partial charge in [0.15, 0.2) is 0 Å². The molecule has 1 N–H and O–H groups in total. The van der Waals surface area contributed by atoms with Gasteiger partial charge in [0.05, 0.1) is 20.3 Å². The Labute approximate surface area is 150 Å². The lowest BCUT2D eigenvalue weighted by molar-refractivity contribution is 0.386. The summed E-state index contributed by atoms with van der Waals surface area (Å²) in [5, 5.41) is 3.86. The zero-order valence-corrected chi connectivity index (χ0v) is 15.5. The van der Waals surface area contributed by atoms with Gasteiger partial charge in [0, 0.05) is 31.5 Å². The highest BCUT2D eigenvalue weighted by atomic mass is 16.5. The van der Waals surface area contributed by atoms with Crippen LogP contribution in [-0.4, -0.2) is 29.8 Å². The van der Waals surface area contributed by atoms with Crippen molar-refractivity contribution in [2.24, 2.45) is 7.05 Å². The molecule has 1 atom stereocenters. The van der Waals surface area contributed by atoms with Crippen molar-refractivity contribution in [3.8, 4) is 11.5 Å². The van der Waals surface area contributed by atoms with Crippen LogP contribution in [0.4, 0.5) is 0 Å². The van der Waals surface area contributed by atoms with Crippen molar-refractivity contribution in [3.05, 3.63) is 42.0 Å². The summed E-state index contributed by atoms with van der Waals surface area (Å²) >= 11 is 0. The number of imidazole rings is 1. The van der Waals surface area contributed by atoms with E-state index in [9.17, 15) is 0 Å². The molecule has 1 aromatic heterocycles. The van der Waals surface area contributed by atoms with Crippen molar-refractivity contribution in [1.29, 1.82) is 0 Å². The van der Waals surface area contributed by atoms with Gasteiger partial charge in [0.25, 0.3) is 0 Å². The molecule has 1 aliphatic rings. The first kappa shape index (κ1) is 17.8. The maximum absolute atomic E-state index is 5.47. The highest BCUT2D eigenvalue weighted by Crippen LogP contribution is 2.31. The van der Waals surface area contributed by atoms with Crippen LogP contribution >= 0.6 is 0 Å². The minimum absolute atomic E-state index is 0.0205. The first-order valence-electron chi connectivity index (χ1n) is 9.17. The average molecular weight is 343 g/mol. The van der Waals surface area contributed by atoms with Crippen molar-refractivity contribution in [2.45, 2.75) is 50.6 Å². The second kappa shape index (κ2) is 8.39. The molecular weight excluding hydrogens is 314 g/mol. The number of nitrogens with zero attached hydrogens (tertiary/aromatic N) is 2. The van der Waals surface area contributed by atoms with Gasteiger partial charge in [-0.1, -0.05) is 25.7 Å². The molecular formula is C20H29N3O2. The van der Waals surface area contributed by atoms with Crippen molar-refractivity contribution < 1.29 is 9.47 Å². The van der Waals surface area contributed by atoms with E-state index >= 15 is 0 Å². The van der Waals surface area contributed by atoms with E-state index < -0.39 is 0 Å². The number of methoxy groups -OCH3 is 2. The molecule has 0 spiro atoms. The van der Waals surface area contributed by atoms with Gasteiger partial charge in [-0.2, -0.15) is 0 Å². The first-order valence-corrected chi connectivity index (χ1v) is 9.17. The quantitative estimate of drug-likeness (QED) is 0.810. The largest absolute Gasteiger partial charge is 0.497 e. The van der Waals surface area contributed by atoms with E-state index in [1.165, 1.54) is 38.5 Å². The fraction of sp³-hybridized carbons (Fsp3) is 0.550. The van der Waals surface area contributed by atoms with Crippen LogP contribution in [0.1, 0.15) is 56.0 Å². The third kappa shape index (κ3) is 4.34. The number of benzene rings is 1. The van der Waals surface area contributed by atoms with Gasteiger partial charge < -0.3 is 19.4 Å². The van der Waals surface area contributed by atoms with Crippen LogP contribution in [0, 0.1) is 0 Å². The van der Waals surface area contributed by atoms with Gasteiger partial charge in [-0.15, -0.1) is 0 Å². The summed E-state index contributed by atoms with van der Waals surface area (Å²) in [6.07, 6.45) is 11.6. The summed E-state index contributed by atoms with van der Waals surface area (Å²) in [6.45, 7) is 0. The molecule has 1 saturated carbocycles. The molecule has 1 unspecified atom stereocenters. The van der Waals surface area contributed by atoms with Gasteiger partial charge in [-0.25, -0.2) is 4.98 Å². The predicted octanol–water partition coefficient (Wildman–Crippen LogP) is 3.84. The maximum Gasteiger partial charge on any atom is 0.130 e. The number of hydrogen-bond acceptors (Lipinski definition) is 4. The van der Waals surface area contributed by atoms with Crippen LogP contribution in [0.2, 0.25) is 0 Å². The first-order chi connectivity index (χ1) is 12.2. The zero-order chi connectivity index (χ0) is 17.6. The zero-order valence-electron chi connectivity index (χ0n) is 15.5. The van der Waals surface area contributed by atoms with Crippen LogP contribution in [0.15, 0.2) is 30.6 Å². The van der Waals surface area contributed by atoms with E-state index in [4.69, 9.17) is 9.47 Å². The molecule has 0 radical (unpaired) electrons. The topological polar surface area (TPSA) is 48.3 Å². The lowest BCUT2D eigenvalue weighted by Crippen LogP contribution is -2.34. The molecule has 25 heavy (non-hydrogen) atoms. The average Bonchev–Trinajstić information content (AvgIpc) is 2.90. The van der Waals surface area contributed by atoms with E-state index in [0.717, 1.165) is 22.9 Å². The molecule has 5 heteroatoms. The fourth-order valence-corrected chi connectivity index (χ4v) is 3.65. The monoisotopic (exact) mass is 343 g/mol. The fourth-order valence-electron chi connectivity index (χ4n) is 3.65. The maximum atomic E-state index is 5.47. The normalized spacial score (nSPS) is 17.1. The Morgan fingerprint density at radius 3 is 2.20 bits per heavy atom. The summed E-state index contributed by atoms with van der Waals surface area (Å²) in [6, 6.07) is 6.59. The molecule has 3 rings (SSSR count). The van der Waals surface area contributed by atoms with Crippen molar-refractivity contribution in [2.75, 3.05) is 14.2 Å². The molecule has 2 aromatic rings. The predicted molar refractivity (Wildman–Crippen MR) is 99.2 cm³/mol. The molecule has 1 heterocycles. The number of rotatable bonds is 6. The number of nitrogens with one attached hydrogen (secondary N) is 1. The Morgan fingerprint density at radius 2 is 1.68 bits per heavy atom. The summed E-state index contributed by atoms with van der Waals surface area (Å²) in [5.41, 5.74) is 1.12. The number of aryl methyl sites for hydroxylation is 1. The number of ether oxygens (including phenoxy) is 2. The van der Waals surface area contributed by atoms with Crippen LogP contribution in [0.5, 0.6) is 11.5 Å².